The Morgan fingerprint density at radius 2 is 1.88 bits per heavy atom. The van der Waals surface area contributed by atoms with Crippen LogP contribution in [0.4, 0.5) is 13.2 Å². The van der Waals surface area contributed by atoms with Crippen LogP contribution < -0.4 is 10.6 Å². The minimum atomic E-state index is -4.88. The quantitative estimate of drug-likeness (QED) is 0.233. The number of aromatic nitrogens is 3. The molecule has 3 N–H and O–H groups in total. The van der Waals surface area contributed by atoms with Crippen LogP contribution in [0.2, 0.25) is 0 Å². The van der Waals surface area contributed by atoms with Gasteiger partial charge in [-0.05, 0) is 24.6 Å². The molecule has 0 aliphatic rings. The van der Waals surface area contributed by atoms with Gasteiger partial charge < -0.3 is 20.3 Å². The first-order chi connectivity index (χ1) is 14.8. The fraction of sp³-hybridized carbons (Fsp3) is 0.381. The number of rotatable bonds is 7. The number of aliphatic hydroxyl groups is 1. The SMILES string of the molecule is CCNC(=NCc1ccnc2ccccc12)NCCC(O)(c1nccn1C)C(F)(F)F.I. The fourth-order valence-electron chi connectivity index (χ4n) is 3.31. The largest absolute Gasteiger partial charge is 0.424 e. The van der Waals surface area contributed by atoms with Gasteiger partial charge in [0.25, 0.3) is 0 Å². The number of aliphatic imine (C=N–C) groups is 1. The maximum Gasteiger partial charge on any atom is 0.424 e. The van der Waals surface area contributed by atoms with Gasteiger partial charge in [-0.25, -0.2) is 9.98 Å². The van der Waals surface area contributed by atoms with Crippen molar-refractivity contribution in [3.8, 4) is 0 Å². The Bertz CT molecular complexity index is 1050. The van der Waals surface area contributed by atoms with Gasteiger partial charge in [0.2, 0.25) is 5.60 Å². The van der Waals surface area contributed by atoms with Crippen molar-refractivity contribution < 1.29 is 18.3 Å². The summed E-state index contributed by atoms with van der Waals surface area (Å²) in [5.74, 6) is -0.0975. The molecule has 2 heterocycles. The fourth-order valence-corrected chi connectivity index (χ4v) is 3.31. The van der Waals surface area contributed by atoms with Crippen molar-refractivity contribution in [3.63, 3.8) is 0 Å². The summed E-state index contributed by atoms with van der Waals surface area (Å²) in [6, 6.07) is 9.53. The normalized spacial score (nSPS) is 14.0. The van der Waals surface area contributed by atoms with Gasteiger partial charge in [0, 0.05) is 50.5 Å². The van der Waals surface area contributed by atoms with E-state index in [0.29, 0.717) is 19.0 Å². The summed E-state index contributed by atoms with van der Waals surface area (Å²) in [5, 5.41) is 17.3. The molecular formula is C21H26F3IN6O. The Kier molecular flexibility index (Phi) is 8.84. The molecule has 0 saturated heterocycles. The lowest BCUT2D eigenvalue weighted by Crippen LogP contribution is -2.47. The lowest BCUT2D eigenvalue weighted by molar-refractivity contribution is -0.272. The second-order valence-electron chi connectivity index (χ2n) is 7.08. The molecule has 11 heteroatoms. The standard InChI is InChI=1S/C21H25F3N6O.HI/c1-3-25-19(29-14-15-8-10-26-17-7-5-4-6-16(15)17)28-11-9-20(31,21(22,23)24)18-27-12-13-30(18)2;/h4-8,10,12-13,31H,3,9,11,14H2,1-2H3,(H2,25,28,29);1H. The van der Waals surface area contributed by atoms with Gasteiger partial charge in [-0.1, -0.05) is 18.2 Å². The topological polar surface area (TPSA) is 87.4 Å². The molecule has 0 saturated carbocycles. The van der Waals surface area contributed by atoms with Gasteiger partial charge >= 0.3 is 6.18 Å². The van der Waals surface area contributed by atoms with E-state index in [9.17, 15) is 18.3 Å². The Balaban J connectivity index is 0.00000363. The van der Waals surface area contributed by atoms with E-state index in [1.165, 1.54) is 24.0 Å². The van der Waals surface area contributed by atoms with Crippen LogP contribution >= 0.6 is 24.0 Å². The Labute approximate surface area is 201 Å². The summed E-state index contributed by atoms with van der Waals surface area (Å²) in [5.41, 5.74) is -1.28. The third-order valence-corrected chi connectivity index (χ3v) is 4.93. The van der Waals surface area contributed by atoms with Crippen molar-refractivity contribution in [1.82, 2.24) is 25.2 Å². The van der Waals surface area contributed by atoms with E-state index in [0.717, 1.165) is 16.5 Å². The predicted octanol–water partition coefficient (Wildman–Crippen LogP) is 3.48. The number of halogens is 4. The molecule has 1 unspecified atom stereocenters. The highest BCUT2D eigenvalue weighted by molar-refractivity contribution is 14.0. The van der Waals surface area contributed by atoms with E-state index in [1.54, 1.807) is 6.20 Å². The van der Waals surface area contributed by atoms with E-state index in [-0.39, 0.29) is 30.5 Å². The van der Waals surface area contributed by atoms with Crippen LogP contribution in [-0.4, -0.2) is 44.9 Å². The highest BCUT2D eigenvalue weighted by Gasteiger charge is 2.57. The van der Waals surface area contributed by atoms with Crippen LogP contribution in [0.15, 0.2) is 53.9 Å². The number of pyridine rings is 1. The van der Waals surface area contributed by atoms with Crippen molar-refractivity contribution in [3.05, 3.63) is 60.3 Å². The van der Waals surface area contributed by atoms with E-state index in [1.807, 2.05) is 37.3 Å². The zero-order valence-corrected chi connectivity index (χ0v) is 20.1. The van der Waals surface area contributed by atoms with Crippen LogP contribution in [0, 0.1) is 0 Å². The maximum atomic E-state index is 13.7. The summed E-state index contributed by atoms with van der Waals surface area (Å²) in [4.78, 5) is 12.5. The lowest BCUT2D eigenvalue weighted by atomic mass is 9.97. The molecule has 1 atom stereocenters. The molecule has 32 heavy (non-hydrogen) atoms. The summed E-state index contributed by atoms with van der Waals surface area (Å²) in [7, 11) is 1.41. The molecular weight excluding hydrogens is 536 g/mol. The van der Waals surface area contributed by atoms with Crippen LogP contribution in [-0.2, 0) is 19.2 Å². The molecule has 7 nitrogen and oxygen atoms in total. The molecule has 1 aromatic carbocycles. The average Bonchev–Trinajstić information content (AvgIpc) is 3.17. The number of nitrogens with one attached hydrogen (secondary N) is 2. The number of alkyl halides is 3. The highest BCUT2D eigenvalue weighted by Crippen LogP contribution is 2.40. The van der Waals surface area contributed by atoms with Crippen LogP contribution in [0.3, 0.4) is 0 Å². The lowest BCUT2D eigenvalue weighted by Gasteiger charge is -2.30. The van der Waals surface area contributed by atoms with Crippen molar-refractivity contribution in [1.29, 1.82) is 0 Å². The van der Waals surface area contributed by atoms with Gasteiger partial charge in [0.15, 0.2) is 5.96 Å². The van der Waals surface area contributed by atoms with Crippen molar-refractivity contribution in [2.75, 3.05) is 13.1 Å². The molecule has 174 valence electrons. The third kappa shape index (κ3) is 5.68. The van der Waals surface area contributed by atoms with Crippen LogP contribution in [0.1, 0.15) is 24.7 Å². The molecule has 3 aromatic rings. The summed E-state index contributed by atoms with van der Waals surface area (Å²) in [6.07, 6.45) is -1.21. The van der Waals surface area contributed by atoms with Crippen molar-refractivity contribution in [2.24, 2.45) is 12.0 Å². The first kappa shape index (κ1) is 25.8. The van der Waals surface area contributed by atoms with E-state index in [2.05, 4.69) is 25.6 Å². The molecule has 0 spiro atoms. The Morgan fingerprint density at radius 3 is 2.53 bits per heavy atom. The first-order valence-corrected chi connectivity index (χ1v) is 9.88. The number of fused-ring (bicyclic) bond motifs is 1. The number of imidazole rings is 1. The molecule has 0 radical (unpaired) electrons. The second kappa shape index (κ2) is 10.9. The van der Waals surface area contributed by atoms with Crippen molar-refractivity contribution in [2.45, 2.75) is 31.7 Å². The molecule has 0 aliphatic heterocycles. The summed E-state index contributed by atoms with van der Waals surface area (Å²) < 4.78 is 42.1. The molecule has 0 fully saturated rings. The number of aryl methyl sites for hydroxylation is 1. The van der Waals surface area contributed by atoms with Gasteiger partial charge in [0.1, 0.15) is 5.82 Å². The summed E-state index contributed by atoms with van der Waals surface area (Å²) >= 11 is 0. The molecule has 3 rings (SSSR count). The minimum absolute atomic E-state index is 0. The van der Waals surface area contributed by atoms with Crippen LogP contribution in [0.5, 0.6) is 0 Å². The van der Waals surface area contributed by atoms with Gasteiger partial charge in [-0.2, -0.15) is 13.2 Å². The van der Waals surface area contributed by atoms with Gasteiger partial charge in [-0.3, -0.25) is 4.98 Å². The van der Waals surface area contributed by atoms with Gasteiger partial charge in [0.05, 0.1) is 12.1 Å². The molecule has 0 amide bonds. The number of guanidine groups is 1. The summed E-state index contributed by atoms with van der Waals surface area (Å²) in [6.45, 7) is 2.55. The zero-order valence-electron chi connectivity index (χ0n) is 17.7. The molecule has 2 aromatic heterocycles. The van der Waals surface area contributed by atoms with E-state index < -0.39 is 24.0 Å². The zero-order chi connectivity index (χ0) is 22.5. The number of para-hydroxylation sites is 1. The number of benzene rings is 1. The molecule has 0 bridgehead atoms. The smallest absolute Gasteiger partial charge is 0.374 e. The average molecular weight is 562 g/mol. The Hall–Kier alpha value is -2.41. The number of hydrogen-bond donors (Lipinski definition) is 3. The number of nitrogens with zero attached hydrogens (tertiary/aromatic N) is 4. The highest BCUT2D eigenvalue weighted by atomic mass is 127. The predicted molar refractivity (Wildman–Crippen MR) is 128 cm³/mol. The number of hydrogen-bond acceptors (Lipinski definition) is 4. The second-order valence-corrected chi connectivity index (χ2v) is 7.08. The van der Waals surface area contributed by atoms with Crippen molar-refractivity contribution >= 4 is 40.8 Å². The monoisotopic (exact) mass is 562 g/mol. The first-order valence-electron chi connectivity index (χ1n) is 9.88. The van der Waals surface area contributed by atoms with Crippen LogP contribution in [0.25, 0.3) is 10.9 Å². The minimum Gasteiger partial charge on any atom is -0.374 e. The Morgan fingerprint density at radius 1 is 1.12 bits per heavy atom. The third-order valence-electron chi connectivity index (χ3n) is 4.93. The van der Waals surface area contributed by atoms with Gasteiger partial charge in [-0.15, -0.1) is 24.0 Å². The maximum absolute atomic E-state index is 13.7. The van der Waals surface area contributed by atoms with E-state index in [4.69, 9.17) is 0 Å². The molecule has 0 aliphatic carbocycles. The van der Waals surface area contributed by atoms with E-state index >= 15 is 0 Å².